The summed E-state index contributed by atoms with van der Waals surface area (Å²) < 4.78 is 1.39. The molecule has 3 aromatic heterocycles. The molecule has 0 spiro atoms. The lowest BCUT2D eigenvalue weighted by molar-refractivity contribution is -0.132. The standard InChI is InChI=1S/C23H26N8O2/c1-16-6-7-24-20(12-16)26-19-4-5-21(28-27-19)29-8-10-30(11-9-29)23(33)14-31-15-25-18(13-22(31)32)17-2-3-17/h4-7,12-13,15,17H,2-3,8-11,14H2,1H3,(H,24,26,27). The Bertz CT molecular complexity index is 1200. The van der Waals surface area contributed by atoms with Crippen molar-refractivity contribution in [3.8, 4) is 0 Å². The van der Waals surface area contributed by atoms with Crippen LogP contribution in [0, 0.1) is 6.92 Å². The molecule has 1 saturated carbocycles. The highest BCUT2D eigenvalue weighted by Gasteiger charge is 2.26. The van der Waals surface area contributed by atoms with Gasteiger partial charge in [-0.1, -0.05) is 0 Å². The van der Waals surface area contributed by atoms with Crippen molar-refractivity contribution in [3.05, 3.63) is 64.5 Å². The van der Waals surface area contributed by atoms with Crippen LogP contribution < -0.4 is 15.8 Å². The Kier molecular flexibility index (Phi) is 5.72. The summed E-state index contributed by atoms with van der Waals surface area (Å²) in [4.78, 5) is 37.5. The van der Waals surface area contributed by atoms with E-state index < -0.39 is 0 Å². The zero-order valence-corrected chi connectivity index (χ0v) is 18.5. The number of nitrogens with one attached hydrogen (secondary N) is 1. The summed E-state index contributed by atoms with van der Waals surface area (Å²) in [5.74, 6) is 2.45. The smallest absolute Gasteiger partial charge is 0.254 e. The molecular weight excluding hydrogens is 420 g/mol. The number of carbonyl (C=O) groups excluding carboxylic acids is 1. The summed E-state index contributed by atoms with van der Waals surface area (Å²) in [5.41, 5.74) is 1.79. The second kappa shape index (κ2) is 8.97. The van der Waals surface area contributed by atoms with E-state index in [1.54, 1.807) is 17.2 Å². The van der Waals surface area contributed by atoms with Crippen molar-refractivity contribution >= 4 is 23.4 Å². The topological polar surface area (TPSA) is 109 Å². The van der Waals surface area contributed by atoms with Gasteiger partial charge in [-0.3, -0.25) is 14.2 Å². The molecular formula is C23H26N8O2. The molecule has 0 radical (unpaired) electrons. The normalized spacial score (nSPS) is 16.0. The molecule has 0 unspecified atom stereocenters. The summed E-state index contributed by atoms with van der Waals surface area (Å²) in [5, 5.41) is 11.7. The average Bonchev–Trinajstić information content (AvgIpc) is 3.67. The molecule has 3 aromatic rings. The number of amides is 1. The maximum atomic E-state index is 12.7. The van der Waals surface area contributed by atoms with Crippen molar-refractivity contribution in [1.29, 1.82) is 0 Å². The predicted octanol–water partition coefficient (Wildman–Crippen LogP) is 1.71. The van der Waals surface area contributed by atoms with Crippen molar-refractivity contribution < 1.29 is 4.79 Å². The van der Waals surface area contributed by atoms with Gasteiger partial charge in [-0.15, -0.1) is 10.2 Å². The van der Waals surface area contributed by atoms with E-state index in [0.29, 0.717) is 37.9 Å². The van der Waals surface area contributed by atoms with Gasteiger partial charge in [-0.2, -0.15) is 0 Å². The van der Waals surface area contributed by atoms with Gasteiger partial charge in [-0.05, 0) is 49.6 Å². The first kappa shape index (κ1) is 21.0. The van der Waals surface area contributed by atoms with Crippen LogP contribution in [-0.4, -0.2) is 61.7 Å². The van der Waals surface area contributed by atoms with Gasteiger partial charge in [0.05, 0.1) is 12.0 Å². The van der Waals surface area contributed by atoms with Gasteiger partial charge >= 0.3 is 0 Å². The minimum absolute atomic E-state index is 0.0178. The highest BCUT2D eigenvalue weighted by atomic mass is 16.2. The Morgan fingerprint density at radius 1 is 1.03 bits per heavy atom. The van der Waals surface area contributed by atoms with E-state index in [2.05, 4.69) is 30.4 Å². The van der Waals surface area contributed by atoms with Gasteiger partial charge in [0.15, 0.2) is 11.6 Å². The number of aryl methyl sites for hydroxylation is 1. The Morgan fingerprint density at radius 3 is 2.52 bits per heavy atom. The van der Waals surface area contributed by atoms with E-state index in [4.69, 9.17) is 0 Å². The molecule has 1 aliphatic heterocycles. The number of hydrogen-bond acceptors (Lipinski definition) is 8. The fraction of sp³-hybridized carbons (Fsp3) is 0.391. The molecule has 10 heteroatoms. The first-order valence-electron chi connectivity index (χ1n) is 11.2. The van der Waals surface area contributed by atoms with E-state index in [-0.39, 0.29) is 18.0 Å². The lowest BCUT2D eigenvalue weighted by Gasteiger charge is -2.35. The van der Waals surface area contributed by atoms with E-state index in [1.807, 2.05) is 31.2 Å². The summed E-state index contributed by atoms with van der Waals surface area (Å²) >= 11 is 0. The average molecular weight is 447 g/mol. The van der Waals surface area contributed by atoms with Gasteiger partial charge in [0.1, 0.15) is 12.4 Å². The number of aromatic nitrogens is 5. The molecule has 33 heavy (non-hydrogen) atoms. The number of hydrogen-bond donors (Lipinski definition) is 1. The first-order valence-corrected chi connectivity index (χ1v) is 11.2. The van der Waals surface area contributed by atoms with E-state index in [0.717, 1.165) is 35.7 Å². The van der Waals surface area contributed by atoms with Crippen LogP contribution in [0.2, 0.25) is 0 Å². The quantitative estimate of drug-likeness (QED) is 0.610. The predicted molar refractivity (Wildman–Crippen MR) is 124 cm³/mol. The van der Waals surface area contributed by atoms with Gasteiger partial charge in [-0.25, -0.2) is 9.97 Å². The molecule has 1 aliphatic carbocycles. The molecule has 1 amide bonds. The van der Waals surface area contributed by atoms with Gasteiger partial charge in [0.25, 0.3) is 5.56 Å². The number of carbonyl (C=O) groups is 1. The van der Waals surface area contributed by atoms with Crippen LogP contribution in [0.15, 0.2) is 47.7 Å². The SMILES string of the molecule is Cc1ccnc(Nc2ccc(N3CCN(C(=O)Cn4cnc(C5CC5)cc4=O)CC3)nn2)c1. The third kappa shape index (κ3) is 5.00. The number of piperazine rings is 1. The molecule has 0 aromatic carbocycles. The van der Waals surface area contributed by atoms with Crippen LogP contribution >= 0.6 is 0 Å². The zero-order valence-electron chi connectivity index (χ0n) is 18.5. The lowest BCUT2D eigenvalue weighted by Crippen LogP contribution is -2.50. The molecule has 10 nitrogen and oxygen atoms in total. The molecule has 0 atom stereocenters. The molecule has 170 valence electrons. The summed E-state index contributed by atoms with van der Waals surface area (Å²) in [7, 11) is 0. The van der Waals surface area contributed by atoms with Crippen LogP contribution in [0.5, 0.6) is 0 Å². The molecule has 4 heterocycles. The molecule has 2 fully saturated rings. The zero-order chi connectivity index (χ0) is 22.8. The molecule has 2 aliphatic rings. The van der Waals surface area contributed by atoms with Crippen LogP contribution in [0.4, 0.5) is 17.5 Å². The minimum atomic E-state index is -0.163. The molecule has 5 rings (SSSR count). The Hall–Kier alpha value is -3.82. The van der Waals surface area contributed by atoms with E-state index in [9.17, 15) is 9.59 Å². The lowest BCUT2D eigenvalue weighted by atomic mass is 10.3. The van der Waals surface area contributed by atoms with Crippen molar-refractivity contribution in [3.63, 3.8) is 0 Å². The van der Waals surface area contributed by atoms with Crippen molar-refractivity contribution in [1.82, 2.24) is 29.6 Å². The van der Waals surface area contributed by atoms with E-state index >= 15 is 0 Å². The third-order valence-electron chi connectivity index (χ3n) is 5.98. The van der Waals surface area contributed by atoms with Crippen molar-refractivity contribution in [2.24, 2.45) is 0 Å². The van der Waals surface area contributed by atoms with Crippen LogP contribution in [0.3, 0.4) is 0 Å². The minimum Gasteiger partial charge on any atom is -0.352 e. The fourth-order valence-corrected chi connectivity index (χ4v) is 3.89. The number of pyridine rings is 1. The Labute approximate surface area is 191 Å². The first-order chi connectivity index (χ1) is 16.0. The molecule has 1 N–H and O–H groups in total. The van der Waals surface area contributed by atoms with Crippen LogP contribution in [-0.2, 0) is 11.3 Å². The maximum Gasteiger partial charge on any atom is 0.254 e. The number of nitrogens with zero attached hydrogens (tertiary/aromatic N) is 7. The number of anilines is 3. The van der Waals surface area contributed by atoms with Gasteiger partial charge in [0, 0.05) is 44.4 Å². The number of rotatable bonds is 6. The molecule has 1 saturated heterocycles. The molecule has 0 bridgehead atoms. The highest BCUT2D eigenvalue weighted by molar-refractivity contribution is 5.76. The highest BCUT2D eigenvalue weighted by Crippen LogP contribution is 2.38. The monoisotopic (exact) mass is 446 g/mol. The van der Waals surface area contributed by atoms with Crippen molar-refractivity contribution in [2.75, 3.05) is 36.4 Å². The summed E-state index contributed by atoms with van der Waals surface area (Å²) in [6, 6.07) is 9.22. The van der Waals surface area contributed by atoms with Crippen LogP contribution in [0.1, 0.15) is 30.0 Å². The fourth-order valence-electron chi connectivity index (χ4n) is 3.89. The van der Waals surface area contributed by atoms with E-state index in [1.165, 1.54) is 10.9 Å². The second-order valence-corrected chi connectivity index (χ2v) is 8.54. The van der Waals surface area contributed by atoms with Crippen LogP contribution in [0.25, 0.3) is 0 Å². The Morgan fingerprint density at radius 2 is 1.85 bits per heavy atom. The largest absolute Gasteiger partial charge is 0.352 e. The summed E-state index contributed by atoms with van der Waals surface area (Å²) in [6.07, 6.45) is 5.43. The second-order valence-electron chi connectivity index (χ2n) is 8.54. The van der Waals surface area contributed by atoms with Crippen molar-refractivity contribution in [2.45, 2.75) is 32.2 Å². The third-order valence-corrected chi connectivity index (χ3v) is 5.98. The maximum absolute atomic E-state index is 12.7. The Balaban J connectivity index is 1.14. The van der Waals surface area contributed by atoms with Gasteiger partial charge < -0.3 is 15.1 Å². The summed E-state index contributed by atoms with van der Waals surface area (Å²) in [6.45, 7) is 4.46. The van der Waals surface area contributed by atoms with Gasteiger partial charge in [0.2, 0.25) is 5.91 Å².